The third-order valence-electron chi connectivity index (χ3n) is 5.11. The quantitative estimate of drug-likeness (QED) is 0.657. The van der Waals surface area contributed by atoms with Gasteiger partial charge >= 0.3 is 0 Å². The van der Waals surface area contributed by atoms with Gasteiger partial charge in [0.15, 0.2) is 0 Å². The number of benzene rings is 2. The number of rotatable bonds is 4. The summed E-state index contributed by atoms with van der Waals surface area (Å²) >= 11 is 3.49. The number of amides is 1. The molecular formula is C21H23BrN4O. The Morgan fingerprint density at radius 2 is 2.11 bits per heavy atom. The molecule has 140 valence electrons. The number of piperidine rings is 1. The van der Waals surface area contributed by atoms with Crippen molar-refractivity contribution in [3.05, 3.63) is 58.1 Å². The van der Waals surface area contributed by atoms with Crippen LogP contribution in [0.3, 0.4) is 0 Å². The lowest BCUT2D eigenvalue weighted by molar-refractivity contribution is -0.125. The maximum absolute atomic E-state index is 12.7. The Kier molecular flexibility index (Phi) is 5.16. The van der Waals surface area contributed by atoms with Crippen LogP contribution in [0.1, 0.15) is 24.0 Å². The maximum atomic E-state index is 12.7. The Hall–Kier alpha value is -2.34. The monoisotopic (exact) mass is 426 g/mol. The number of aryl methyl sites for hydroxylation is 1. The fourth-order valence-electron chi connectivity index (χ4n) is 3.54. The van der Waals surface area contributed by atoms with Crippen LogP contribution in [-0.2, 0) is 11.3 Å². The van der Waals surface area contributed by atoms with Crippen molar-refractivity contribution in [2.24, 2.45) is 5.92 Å². The molecule has 6 heteroatoms. The predicted octanol–water partition coefficient (Wildman–Crippen LogP) is 4.17. The summed E-state index contributed by atoms with van der Waals surface area (Å²) in [6.07, 6.45) is 1.91. The van der Waals surface area contributed by atoms with Crippen LogP contribution >= 0.6 is 15.9 Å². The lowest BCUT2D eigenvalue weighted by Gasteiger charge is -2.31. The second-order valence-electron chi connectivity index (χ2n) is 7.21. The number of halogens is 1. The molecule has 4 rings (SSSR count). The summed E-state index contributed by atoms with van der Waals surface area (Å²) in [5.74, 6) is 0.961. The van der Waals surface area contributed by atoms with Crippen molar-refractivity contribution >= 4 is 38.8 Å². The van der Waals surface area contributed by atoms with Crippen molar-refractivity contribution < 1.29 is 4.79 Å². The van der Waals surface area contributed by atoms with Gasteiger partial charge in [-0.15, -0.1) is 0 Å². The lowest BCUT2D eigenvalue weighted by Crippen LogP contribution is -2.43. The number of fused-ring (bicyclic) bond motifs is 1. The standard InChI is InChI=1S/C21H23BrN4O/c1-14-4-6-15(7-5-14)12-23-20(27)16-3-2-10-26(13-16)21-24-18-9-8-17(22)11-19(18)25-21/h4-9,11,16H,2-3,10,12-13H2,1H3,(H,23,27)(H,24,25)/t16-/m0/s1. The summed E-state index contributed by atoms with van der Waals surface area (Å²) in [4.78, 5) is 22.9. The van der Waals surface area contributed by atoms with E-state index in [4.69, 9.17) is 4.98 Å². The van der Waals surface area contributed by atoms with E-state index in [-0.39, 0.29) is 11.8 Å². The molecule has 1 saturated heterocycles. The van der Waals surface area contributed by atoms with Crippen molar-refractivity contribution in [2.45, 2.75) is 26.3 Å². The first kappa shape index (κ1) is 18.0. The molecule has 1 aromatic heterocycles. The molecular weight excluding hydrogens is 404 g/mol. The lowest BCUT2D eigenvalue weighted by atomic mass is 9.97. The SMILES string of the molecule is Cc1ccc(CNC(=O)[C@H]2CCCN(c3nc4ccc(Br)cc4[nH]3)C2)cc1. The van der Waals surface area contributed by atoms with E-state index in [2.05, 4.69) is 62.3 Å². The molecule has 3 aromatic rings. The summed E-state index contributed by atoms with van der Waals surface area (Å²) in [6.45, 7) is 4.26. The maximum Gasteiger partial charge on any atom is 0.225 e. The number of anilines is 1. The van der Waals surface area contributed by atoms with Crippen molar-refractivity contribution in [1.29, 1.82) is 0 Å². The van der Waals surface area contributed by atoms with Gasteiger partial charge in [-0.3, -0.25) is 4.79 Å². The number of aromatic nitrogens is 2. The fraction of sp³-hybridized carbons (Fsp3) is 0.333. The van der Waals surface area contributed by atoms with Crippen LogP contribution in [0.15, 0.2) is 46.9 Å². The van der Waals surface area contributed by atoms with Crippen LogP contribution in [0.5, 0.6) is 0 Å². The van der Waals surface area contributed by atoms with E-state index in [9.17, 15) is 4.79 Å². The van der Waals surface area contributed by atoms with E-state index in [1.165, 1.54) is 5.56 Å². The van der Waals surface area contributed by atoms with Crippen LogP contribution in [0.2, 0.25) is 0 Å². The van der Waals surface area contributed by atoms with E-state index in [1.807, 2.05) is 18.2 Å². The van der Waals surface area contributed by atoms with Crippen LogP contribution in [0.4, 0.5) is 5.95 Å². The van der Waals surface area contributed by atoms with E-state index < -0.39 is 0 Å². The first-order valence-electron chi connectivity index (χ1n) is 9.32. The van der Waals surface area contributed by atoms with Crippen molar-refractivity contribution in [3.8, 4) is 0 Å². The zero-order valence-electron chi connectivity index (χ0n) is 15.3. The van der Waals surface area contributed by atoms with Crippen molar-refractivity contribution in [2.75, 3.05) is 18.0 Å². The molecule has 1 aliphatic rings. The highest BCUT2D eigenvalue weighted by Crippen LogP contribution is 2.25. The number of aromatic amines is 1. The number of nitrogens with zero attached hydrogens (tertiary/aromatic N) is 2. The molecule has 2 heterocycles. The normalized spacial score (nSPS) is 17.3. The fourth-order valence-corrected chi connectivity index (χ4v) is 3.90. The van der Waals surface area contributed by atoms with Crippen LogP contribution in [-0.4, -0.2) is 29.0 Å². The second kappa shape index (κ2) is 7.72. The van der Waals surface area contributed by atoms with Gasteiger partial charge < -0.3 is 15.2 Å². The molecule has 2 aromatic carbocycles. The minimum atomic E-state index is -0.0100. The molecule has 0 saturated carbocycles. The van der Waals surface area contributed by atoms with Gasteiger partial charge in [0.2, 0.25) is 11.9 Å². The minimum absolute atomic E-state index is 0.0100. The Labute approximate surface area is 167 Å². The van der Waals surface area contributed by atoms with Gasteiger partial charge in [0.05, 0.1) is 17.0 Å². The second-order valence-corrected chi connectivity index (χ2v) is 8.13. The first-order valence-corrected chi connectivity index (χ1v) is 10.1. The molecule has 0 radical (unpaired) electrons. The van der Waals surface area contributed by atoms with E-state index in [0.29, 0.717) is 13.1 Å². The molecule has 1 fully saturated rings. The molecule has 1 aliphatic heterocycles. The Morgan fingerprint density at radius 3 is 2.93 bits per heavy atom. The van der Waals surface area contributed by atoms with Gasteiger partial charge in [0.1, 0.15) is 0 Å². The van der Waals surface area contributed by atoms with Gasteiger partial charge in [-0.05, 0) is 43.5 Å². The zero-order valence-corrected chi connectivity index (χ0v) is 16.9. The molecule has 0 aliphatic carbocycles. The topological polar surface area (TPSA) is 61.0 Å². The van der Waals surface area contributed by atoms with Crippen LogP contribution < -0.4 is 10.2 Å². The largest absolute Gasteiger partial charge is 0.352 e. The third kappa shape index (κ3) is 4.16. The molecule has 1 amide bonds. The Bertz CT molecular complexity index is 950. The summed E-state index contributed by atoms with van der Waals surface area (Å²) < 4.78 is 1.03. The number of carbonyl (C=O) groups excluding carboxylic acids is 1. The van der Waals surface area contributed by atoms with Crippen LogP contribution in [0.25, 0.3) is 11.0 Å². The highest BCUT2D eigenvalue weighted by molar-refractivity contribution is 9.10. The average Bonchev–Trinajstić information content (AvgIpc) is 3.10. The minimum Gasteiger partial charge on any atom is -0.352 e. The van der Waals surface area contributed by atoms with Crippen LogP contribution in [0, 0.1) is 12.8 Å². The molecule has 27 heavy (non-hydrogen) atoms. The average molecular weight is 427 g/mol. The van der Waals surface area contributed by atoms with Crippen molar-refractivity contribution in [1.82, 2.24) is 15.3 Å². The predicted molar refractivity (Wildman–Crippen MR) is 112 cm³/mol. The number of carbonyl (C=O) groups is 1. The number of hydrogen-bond acceptors (Lipinski definition) is 3. The summed E-state index contributed by atoms with van der Waals surface area (Å²) in [6, 6.07) is 14.3. The zero-order chi connectivity index (χ0) is 18.8. The smallest absolute Gasteiger partial charge is 0.225 e. The van der Waals surface area contributed by atoms with E-state index in [1.54, 1.807) is 0 Å². The number of H-pyrrole nitrogens is 1. The van der Waals surface area contributed by atoms with Gasteiger partial charge in [0, 0.05) is 24.1 Å². The molecule has 0 spiro atoms. The van der Waals surface area contributed by atoms with Gasteiger partial charge in [-0.25, -0.2) is 4.98 Å². The summed E-state index contributed by atoms with van der Waals surface area (Å²) in [7, 11) is 0. The van der Waals surface area contributed by atoms with E-state index in [0.717, 1.165) is 46.4 Å². The Morgan fingerprint density at radius 1 is 1.30 bits per heavy atom. The number of hydrogen-bond donors (Lipinski definition) is 2. The van der Waals surface area contributed by atoms with Gasteiger partial charge in [-0.1, -0.05) is 45.8 Å². The van der Waals surface area contributed by atoms with E-state index >= 15 is 0 Å². The molecule has 0 unspecified atom stereocenters. The Balaban J connectivity index is 1.40. The highest BCUT2D eigenvalue weighted by atomic mass is 79.9. The highest BCUT2D eigenvalue weighted by Gasteiger charge is 2.27. The molecule has 0 bridgehead atoms. The van der Waals surface area contributed by atoms with Gasteiger partial charge in [0.25, 0.3) is 0 Å². The number of imidazole rings is 1. The molecule has 2 N–H and O–H groups in total. The summed E-state index contributed by atoms with van der Waals surface area (Å²) in [5.41, 5.74) is 4.31. The number of nitrogens with one attached hydrogen (secondary N) is 2. The molecule has 1 atom stereocenters. The summed E-state index contributed by atoms with van der Waals surface area (Å²) in [5, 5.41) is 3.09. The van der Waals surface area contributed by atoms with Gasteiger partial charge in [-0.2, -0.15) is 0 Å². The first-order chi connectivity index (χ1) is 13.1. The third-order valence-corrected chi connectivity index (χ3v) is 5.60. The molecule has 5 nitrogen and oxygen atoms in total. The van der Waals surface area contributed by atoms with Crippen molar-refractivity contribution in [3.63, 3.8) is 0 Å².